The van der Waals surface area contributed by atoms with Crippen molar-refractivity contribution in [2.24, 2.45) is 0 Å². The summed E-state index contributed by atoms with van der Waals surface area (Å²) in [6.07, 6.45) is 2.42. The average Bonchev–Trinajstić information content (AvgIpc) is 2.39. The summed E-state index contributed by atoms with van der Waals surface area (Å²) in [7, 11) is 0. The number of rotatable bonds is 2. The minimum absolute atomic E-state index is 0.193. The van der Waals surface area contributed by atoms with Gasteiger partial charge in [-0.05, 0) is 6.07 Å². The number of pyridine rings is 1. The van der Waals surface area contributed by atoms with Crippen LogP contribution in [0.2, 0.25) is 0 Å². The summed E-state index contributed by atoms with van der Waals surface area (Å²) < 4.78 is 5.21. The van der Waals surface area contributed by atoms with Crippen LogP contribution in [0, 0.1) is 11.3 Å². The topological polar surface area (TPSA) is 86.5 Å². The predicted molar refractivity (Wildman–Crippen MR) is 58.8 cm³/mol. The van der Waals surface area contributed by atoms with Gasteiger partial charge in [0.25, 0.3) is 0 Å². The lowest BCUT2D eigenvalue weighted by Gasteiger charge is -2.32. The van der Waals surface area contributed by atoms with E-state index in [-0.39, 0.29) is 5.56 Å². The van der Waals surface area contributed by atoms with E-state index in [1.807, 2.05) is 11.0 Å². The Labute approximate surface area is 98.1 Å². The van der Waals surface area contributed by atoms with Gasteiger partial charge in [-0.3, -0.25) is 4.98 Å². The Hall–Kier alpha value is -2.13. The van der Waals surface area contributed by atoms with Crippen LogP contribution in [0.5, 0.6) is 0 Å². The Kier molecular flexibility index (Phi) is 3.21. The molecule has 1 unspecified atom stereocenters. The summed E-state index contributed by atoms with van der Waals surface area (Å²) >= 11 is 0. The highest BCUT2D eigenvalue weighted by Gasteiger charge is 2.23. The molecule has 1 aliphatic heterocycles. The maximum absolute atomic E-state index is 11.1. The summed E-state index contributed by atoms with van der Waals surface area (Å²) in [6.45, 7) is 1.33. The van der Waals surface area contributed by atoms with E-state index in [0.29, 0.717) is 25.4 Å². The van der Waals surface area contributed by atoms with Crippen LogP contribution in [0.25, 0.3) is 0 Å². The quantitative estimate of drug-likeness (QED) is 0.800. The number of carbonyl (C=O) groups is 1. The molecule has 1 atom stereocenters. The van der Waals surface area contributed by atoms with Crippen LogP contribution in [-0.4, -0.2) is 41.9 Å². The fourth-order valence-electron chi connectivity index (χ4n) is 1.77. The molecule has 0 aliphatic carbocycles. The number of anilines is 1. The molecule has 1 N–H and O–H groups in total. The number of aromatic nitrogens is 1. The van der Waals surface area contributed by atoms with Gasteiger partial charge in [0, 0.05) is 12.7 Å². The van der Waals surface area contributed by atoms with E-state index in [9.17, 15) is 4.79 Å². The highest BCUT2D eigenvalue weighted by Crippen LogP contribution is 2.21. The van der Waals surface area contributed by atoms with Gasteiger partial charge in [-0.1, -0.05) is 0 Å². The van der Waals surface area contributed by atoms with Crippen LogP contribution in [0.4, 0.5) is 5.69 Å². The van der Waals surface area contributed by atoms with Gasteiger partial charge >= 0.3 is 5.97 Å². The van der Waals surface area contributed by atoms with Crippen molar-refractivity contribution in [1.82, 2.24) is 4.98 Å². The number of nitriles is 1. The van der Waals surface area contributed by atoms with E-state index in [4.69, 9.17) is 15.1 Å². The molecule has 17 heavy (non-hydrogen) atoms. The Morgan fingerprint density at radius 1 is 1.71 bits per heavy atom. The number of ether oxygens (including phenoxy) is 1. The third-order valence-electron chi connectivity index (χ3n) is 2.58. The zero-order valence-electron chi connectivity index (χ0n) is 9.04. The molecule has 2 rings (SSSR count). The molecule has 1 aliphatic rings. The SMILES string of the molecule is N#CC1CN(c2cnccc2C(=O)O)CCO1. The standard InChI is InChI=1S/C11H11N3O3/c12-5-8-7-14(3-4-17-8)10-6-13-2-1-9(10)11(15)16/h1-2,6,8H,3-4,7H2,(H,15,16). The first kappa shape index (κ1) is 11.4. The van der Waals surface area contributed by atoms with Gasteiger partial charge in [0.2, 0.25) is 0 Å². The van der Waals surface area contributed by atoms with Crippen molar-refractivity contribution in [1.29, 1.82) is 5.26 Å². The van der Waals surface area contributed by atoms with Crippen molar-refractivity contribution in [2.75, 3.05) is 24.6 Å². The molecular weight excluding hydrogens is 222 g/mol. The fraction of sp³-hybridized carbons (Fsp3) is 0.364. The summed E-state index contributed by atoms with van der Waals surface area (Å²) in [5, 5.41) is 17.9. The number of morpholine rings is 1. The highest BCUT2D eigenvalue weighted by atomic mass is 16.5. The second-order valence-corrected chi connectivity index (χ2v) is 3.63. The van der Waals surface area contributed by atoms with Crippen LogP contribution in [0.15, 0.2) is 18.5 Å². The zero-order valence-corrected chi connectivity index (χ0v) is 9.04. The van der Waals surface area contributed by atoms with Gasteiger partial charge in [0.1, 0.15) is 0 Å². The third-order valence-corrected chi connectivity index (χ3v) is 2.58. The Morgan fingerprint density at radius 2 is 2.53 bits per heavy atom. The molecule has 0 amide bonds. The Bertz CT molecular complexity index is 469. The number of aromatic carboxylic acids is 1. The highest BCUT2D eigenvalue weighted by molar-refractivity contribution is 5.94. The Balaban J connectivity index is 2.28. The molecule has 1 fully saturated rings. The summed E-state index contributed by atoms with van der Waals surface area (Å²) in [5.74, 6) is -0.998. The lowest BCUT2D eigenvalue weighted by molar-refractivity contribution is 0.0687. The largest absolute Gasteiger partial charge is 0.478 e. The van der Waals surface area contributed by atoms with Crippen molar-refractivity contribution in [3.05, 3.63) is 24.0 Å². The molecule has 1 aromatic rings. The fourth-order valence-corrected chi connectivity index (χ4v) is 1.77. The molecule has 0 aromatic carbocycles. The minimum atomic E-state index is -0.998. The first-order chi connectivity index (χ1) is 8.22. The van der Waals surface area contributed by atoms with E-state index in [0.717, 1.165) is 0 Å². The zero-order chi connectivity index (χ0) is 12.3. The lowest BCUT2D eigenvalue weighted by atomic mass is 10.2. The molecule has 2 heterocycles. The molecule has 0 bridgehead atoms. The van der Waals surface area contributed by atoms with Crippen LogP contribution >= 0.6 is 0 Å². The van der Waals surface area contributed by atoms with Crippen molar-refractivity contribution >= 4 is 11.7 Å². The third kappa shape index (κ3) is 2.34. The number of nitrogens with zero attached hydrogens (tertiary/aromatic N) is 3. The van der Waals surface area contributed by atoms with Crippen molar-refractivity contribution in [3.8, 4) is 6.07 Å². The van der Waals surface area contributed by atoms with Gasteiger partial charge in [0.05, 0.1) is 36.7 Å². The number of hydrogen-bond acceptors (Lipinski definition) is 5. The molecule has 6 heteroatoms. The van der Waals surface area contributed by atoms with E-state index in [1.54, 1.807) is 0 Å². The molecule has 1 saturated heterocycles. The van der Waals surface area contributed by atoms with E-state index >= 15 is 0 Å². The molecule has 0 spiro atoms. The molecular formula is C11H11N3O3. The molecule has 1 aromatic heterocycles. The summed E-state index contributed by atoms with van der Waals surface area (Å²) in [5.41, 5.74) is 0.724. The summed E-state index contributed by atoms with van der Waals surface area (Å²) in [6, 6.07) is 3.47. The number of hydrogen-bond donors (Lipinski definition) is 1. The summed E-state index contributed by atoms with van der Waals surface area (Å²) in [4.78, 5) is 16.8. The van der Waals surface area contributed by atoms with Crippen LogP contribution < -0.4 is 4.90 Å². The van der Waals surface area contributed by atoms with E-state index < -0.39 is 12.1 Å². The van der Waals surface area contributed by atoms with E-state index in [2.05, 4.69) is 4.98 Å². The predicted octanol–water partition coefficient (Wildman–Crippen LogP) is 0.509. The minimum Gasteiger partial charge on any atom is -0.478 e. The van der Waals surface area contributed by atoms with Crippen LogP contribution in [0.3, 0.4) is 0 Å². The van der Waals surface area contributed by atoms with Crippen molar-refractivity contribution < 1.29 is 14.6 Å². The Morgan fingerprint density at radius 3 is 3.24 bits per heavy atom. The molecule has 6 nitrogen and oxygen atoms in total. The molecule has 0 radical (unpaired) electrons. The lowest BCUT2D eigenvalue weighted by Crippen LogP contribution is -2.42. The van der Waals surface area contributed by atoms with Gasteiger partial charge < -0.3 is 14.7 Å². The van der Waals surface area contributed by atoms with Gasteiger partial charge in [-0.15, -0.1) is 0 Å². The van der Waals surface area contributed by atoms with E-state index in [1.165, 1.54) is 18.5 Å². The first-order valence-corrected chi connectivity index (χ1v) is 5.16. The monoisotopic (exact) mass is 233 g/mol. The molecule has 88 valence electrons. The second-order valence-electron chi connectivity index (χ2n) is 3.63. The average molecular weight is 233 g/mol. The molecule has 0 saturated carbocycles. The van der Waals surface area contributed by atoms with Crippen molar-refractivity contribution in [3.63, 3.8) is 0 Å². The van der Waals surface area contributed by atoms with Crippen LogP contribution in [-0.2, 0) is 4.74 Å². The number of carboxylic acid groups (broad SMARTS) is 1. The second kappa shape index (κ2) is 4.80. The normalized spacial score (nSPS) is 19.7. The maximum atomic E-state index is 11.1. The maximum Gasteiger partial charge on any atom is 0.337 e. The van der Waals surface area contributed by atoms with Crippen molar-refractivity contribution in [2.45, 2.75) is 6.10 Å². The smallest absolute Gasteiger partial charge is 0.337 e. The van der Waals surface area contributed by atoms with Gasteiger partial charge in [-0.2, -0.15) is 5.26 Å². The first-order valence-electron chi connectivity index (χ1n) is 5.16. The van der Waals surface area contributed by atoms with Gasteiger partial charge in [0.15, 0.2) is 6.10 Å². The van der Waals surface area contributed by atoms with Gasteiger partial charge in [-0.25, -0.2) is 4.79 Å². The number of carboxylic acids is 1. The van der Waals surface area contributed by atoms with Crippen LogP contribution in [0.1, 0.15) is 10.4 Å².